The topological polar surface area (TPSA) is 59.8 Å². The minimum Gasteiger partial charge on any atom is -0.349 e. The maximum atomic E-state index is 12.8. The fraction of sp³-hybridized carbons (Fsp3) is 0.526. The molecule has 2 aliphatic rings. The molecule has 0 radical (unpaired) electrons. The quantitative estimate of drug-likeness (QED) is 0.919. The van der Waals surface area contributed by atoms with E-state index < -0.39 is 0 Å². The standard InChI is InChI=1S/C19H24N4O/c24-19(22-17-6-3-5-15(10-17)14-8-9-14)18-7-2-1-4-16(18)11-23-13-20-12-21-23/h1-2,4,7,12-15,17H,3,5-6,8-11H2,(H,22,24). The summed E-state index contributed by atoms with van der Waals surface area (Å²) in [6.45, 7) is 0.568. The molecule has 1 heterocycles. The summed E-state index contributed by atoms with van der Waals surface area (Å²) < 4.78 is 1.75. The zero-order valence-electron chi connectivity index (χ0n) is 13.9. The zero-order chi connectivity index (χ0) is 16.4. The summed E-state index contributed by atoms with van der Waals surface area (Å²) in [6.07, 6.45) is 10.8. The Labute approximate surface area is 142 Å². The average molecular weight is 324 g/mol. The van der Waals surface area contributed by atoms with Crippen molar-refractivity contribution >= 4 is 5.91 Å². The van der Waals surface area contributed by atoms with Crippen molar-refractivity contribution in [1.82, 2.24) is 20.1 Å². The Morgan fingerprint density at radius 2 is 2.04 bits per heavy atom. The number of hydrogen-bond donors (Lipinski definition) is 1. The minimum absolute atomic E-state index is 0.0483. The van der Waals surface area contributed by atoms with E-state index in [-0.39, 0.29) is 5.91 Å². The summed E-state index contributed by atoms with van der Waals surface area (Å²) >= 11 is 0. The Morgan fingerprint density at radius 1 is 1.17 bits per heavy atom. The van der Waals surface area contributed by atoms with Crippen LogP contribution in [0.1, 0.15) is 54.4 Å². The fourth-order valence-electron chi connectivity index (χ4n) is 3.99. The summed E-state index contributed by atoms with van der Waals surface area (Å²) in [6, 6.07) is 8.12. The van der Waals surface area contributed by atoms with Gasteiger partial charge in [0, 0.05) is 11.6 Å². The van der Waals surface area contributed by atoms with Gasteiger partial charge in [0.05, 0.1) is 6.54 Å². The number of amides is 1. The Morgan fingerprint density at radius 3 is 2.83 bits per heavy atom. The van der Waals surface area contributed by atoms with Crippen LogP contribution in [0.4, 0.5) is 0 Å². The molecule has 24 heavy (non-hydrogen) atoms. The van der Waals surface area contributed by atoms with E-state index in [0.29, 0.717) is 12.6 Å². The number of rotatable bonds is 5. The lowest BCUT2D eigenvalue weighted by molar-refractivity contribution is 0.0916. The molecular formula is C19H24N4O. The van der Waals surface area contributed by atoms with E-state index in [9.17, 15) is 4.79 Å². The molecule has 5 heteroatoms. The van der Waals surface area contributed by atoms with Gasteiger partial charge in [-0.05, 0) is 49.1 Å². The van der Waals surface area contributed by atoms with Gasteiger partial charge in [-0.25, -0.2) is 9.67 Å². The summed E-state index contributed by atoms with van der Waals surface area (Å²) in [5, 5.41) is 7.42. The second kappa shape index (κ2) is 6.75. The van der Waals surface area contributed by atoms with Crippen molar-refractivity contribution in [3.05, 3.63) is 48.0 Å². The Kier molecular flexibility index (Phi) is 4.32. The fourth-order valence-corrected chi connectivity index (χ4v) is 3.99. The first kappa shape index (κ1) is 15.4. The monoisotopic (exact) mass is 324 g/mol. The molecule has 2 unspecified atom stereocenters. The molecule has 0 saturated heterocycles. The molecule has 0 aliphatic heterocycles. The van der Waals surface area contributed by atoms with Crippen LogP contribution in [-0.4, -0.2) is 26.7 Å². The lowest BCUT2D eigenvalue weighted by Crippen LogP contribution is -2.39. The first-order chi connectivity index (χ1) is 11.8. The molecule has 1 aromatic carbocycles. The second-order valence-electron chi connectivity index (χ2n) is 7.18. The number of nitrogens with zero attached hydrogens (tertiary/aromatic N) is 3. The van der Waals surface area contributed by atoms with Crippen molar-refractivity contribution in [1.29, 1.82) is 0 Å². The van der Waals surface area contributed by atoms with Gasteiger partial charge in [-0.1, -0.05) is 31.0 Å². The van der Waals surface area contributed by atoms with Gasteiger partial charge in [-0.15, -0.1) is 0 Å². The van der Waals surface area contributed by atoms with E-state index in [1.807, 2.05) is 24.3 Å². The Balaban J connectivity index is 1.44. The molecule has 2 saturated carbocycles. The normalized spacial score (nSPS) is 23.8. The summed E-state index contributed by atoms with van der Waals surface area (Å²) in [5.74, 6) is 1.81. The number of benzene rings is 1. The summed E-state index contributed by atoms with van der Waals surface area (Å²) in [5.41, 5.74) is 1.73. The maximum Gasteiger partial charge on any atom is 0.251 e. The summed E-state index contributed by atoms with van der Waals surface area (Å²) in [7, 11) is 0. The van der Waals surface area contributed by atoms with Crippen molar-refractivity contribution in [2.75, 3.05) is 0 Å². The van der Waals surface area contributed by atoms with Gasteiger partial charge in [0.2, 0.25) is 0 Å². The molecule has 1 N–H and O–H groups in total. The average Bonchev–Trinajstić information content (AvgIpc) is 3.34. The molecule has 1 amide bonds. The molecule has 2 atom stereocenters. The van der Waals surface area contributed by atoms with E-state index in [0.717, 1.165) is 35.8 Å². The number of carbonyl (C=O) groups is 1. The Hall–Kier alpha value is -2.17. The highest BCUT2D eigenvalue weighted by Crippen LogP contribution is 2.43. The summed E-state index contributed by atoms with van der Waals surface area (Å²) in [4.78, 5) is 16.8. The van der Waals surface area contributed by atoms with Crippen molar-refractivity contribution in [2.45, 2.75) is 51.1 Å². The van der Waals surface area contributed by atoms with E-state index in [2.05, 4.69) is 15.4 Å². The molecule has 2 fully saturated rings. The zero-order valence-corrected chi connectivity index (χ0v) is 13.9. The predicted octanol–water partition coefficient (Wildman–Crippen LogP) is 3.03. The molecule has 4 rings (SSSR count). The van der Waals surface area contributed by atoms with Crippen LogP contribution in [0.25, 0.3) is 0 Å². The van der Waals surface area contributed by atoms with Gasteiger partial charge in [0.25, 0.3) is 5.91 Å². The largest absolute Gasteiger partial charge is 0.349 e. The van der Waals surface area contributed by atoms with Crippen molar-refractivity contribution < 1.29 is 4.79 Å². The van der Waals surface area contributed by atoms with Crippen LogP contribution >= 0.6 is 0 Å². The van der Waals surface area contributed by atoms with Gasteiger partial charge < -0.3 is 5.32 Å². The molecule has 0 bridgehead atoms. The van der Waals surface area contributed by atoms with E-state index in [1.54, 1.807) is 11.0 Å². The van der Waals surface area contributed by atoms with Crippen molar-refractivity contribution in [3.8, 4) is 0 Å². The second-order valence-corrected chi connectivity index (χ2v) is 7.18. The number of carbonyl (C=O) groups excluding carboxylic acids is 1. The molecule has 126 valence electrons. The molecule has 0 spiro atoms. The van der Waals surface area contributed by atoms with Gasteiger partial charge in [0.15, 0.2) is 0 Å². The molecule has 2 aromatic rings. The van der Waals surface area contributed by atoms with Gasteiger partial charge in [-0.2, -0.15) is 5.10 Å². The predicted molar refractivity (Wildman–Crippen MR) is 91.5 cm³/mol. The van der Waals surface area contributed by atoms with Gasteiger partial charge in [0.1, 0.15) is 12.7 Å². The van der Waals surface area contributed by atoms with Crippen molar-refractivity contribution in [3.63, 3.8) is 0 Å². The smallest absolute Gasteiger partial charge is 0.251 e. The third-order valence-corrected chi connectivity index (χ3v) is 5.40. The van der Waals surface area contributed by atoms with Crippen LogP contribution in [0.3, 0.4) is 0 Å². The van der Waals surface area contributed by atoms with Crippen LogP contribution in [0, 0.1) is 11.8 Å². The van der Waals surface area contributed by atoms with Crippen molar-refractivity contribution in [2.24, 2.45) is 11.8 Å². The number of hydrogen-bond acceptors (Lipinski definition) is 3. The third kappa shape index (κ3) is 3.50. The Bertz CT molecular complexity index is 693. The number of nitrogens with one attached hydrogen (secondary N) is 1. The molecule has 1 aromatic heterocycles. The minimum atomic E-state index is 0.0483. The highest BCUT2D eigenvalue weighted by molar-refractivity contribution is 5.95. The van der Waals surface area contributed by atoms with E-state index in [1.165, 1.54) is 32.0 Å². The molecule has 5 nitrogen and oxygen atoms in total. The first-order valence-electron chi connectivity index (χ1n) is 9.01. The van der Waals surface area contributed by atoms with E-state index >= 15 is 0 Å². The van der Waals surface area contributed by atoms with Crippen LogP contribution in [-0.2, 0) is 6.54 Å². The highest BCUT2D eigenvalue weighted by atomic mass is 16.1. The third-order valence-electron chi connectivity index (χ3n) is 5.40. The van der Waals surface area contributed by atoms with Gasteiger partial charge >= 0.3 is 0 Å². The maximum absolute atomic E-state index is 12.8. The molecular weight excluding hydrogens is 300 g/mol. The van der Waals surface area contributed by atoms with E-state index in [4.69, 9.17) is 0 Å². The number of aromatic nitrogens is 3. The van der Waals surface area contributed by atoms with Gasteiger partial charge in [-0.3, -0.25) is 4.79 Å². The highest BCUT2D eigenvalue weighted by Gasteiger charge is 2.35. The SMILES string of the molecule is O=C(NC1CCCC(C2CC2)C1)c1ccccc1Cn1cncn1. The van der Waals surface area contributed by atoms with Crippen LogP contribution < -0.4 is 5.32 Å². The molecule has 2 aliphatic carbocycles. The van der Waals surface area contributed by atoms with Crippen LogP contribution in [0.5, 0.6) is 0 Å². The van der Waals surface area contributed by atoms with Crippen LogP contribution in [0.15, 0.2) is 36.9 Å². The van der Waals surface area contributed by atoms with Crippen LogP contribution in [0.2, 0.25) is 0 Å². The lowest BCUT2D eigenvalue weighted by atomic mass is 9.82. The lowest BCUT2D eigenvalue weighted by Gasteiger charge is -2.30. The first-order valence-corrected chi connectivity index (χ1v) is 9.01.